The molecule has 0 spiro atoms. The molecule has 0 unspecified atom stereocenters. The lowest BCUT2D eigenvalue weighted by molar-refractivity contribution is -0.117. The van der Waals surface area contributed by atoms with Crippen molar-refractivity contribution >= 4 is 23.4 Å². The Kier molecular flexibility index (Phi) is 8.36. The summed E-state index contributed by atoms with van der Waals surface area (Å²) in [6.07, 6.45) is 0. The lowest BCUT2D eigenvalue weighted by Crippen LogP contribution is -2.25. The van der Waals surface area contributed by atoms with Crippen LogP contribution >= 0.6 is 11.8 Å². The molecule has 3 aromatic rings. The molecule has 0 radical (unpaired) electrons. The van der Waals surface area contributed by atoms with Crippen molar-refractivity contribution in [3.63, 3.8) is 0 Å². The number of ether oxygens (including phenoxy) is 1. The van der Waals surface area contributed by atoms with Gasteiger partial charge in [0.2, 0.25) is 0 Å². The molecule has 0 bridgehead atoms. The van der Waals surface area contributed by atoms with E-state index in [1.807, 2.05) is 85.8 Å². The van der Waals surface area contributed by atoms with Crippen molar-refractivity contribution in [3.05, 3.63) is 106 Å². The normalized spacial score (nSPS) is 11.2. The van der Waals surface area contributed by atoms with Crippen LogP contribution in [0.3, 0.4) is 0 Å². The molecule has 0 saturated carbocycles. The van der Waals surface area contributed by atoms with Gasteiger partial charge in [-0.05, 0) is 35.7 Å². The zero-order valence-corrected chi connectivity index (χ0v) is 18.9. The minimum Gasteiger partial charge on any atom is -0.497 e. The average molecular weight is 444 g/mol. The molecule has 32 heavy (non-hydrogen) atoms. The van der Waals surface area contributed by atoms with E-state index in [1.54, 1.807) is 7.11 Å². The van der Waals surface area contributed by atoms with E-state index in [0.717, 1.165) is 22.4 Å². The number of anilines is 1. The number of rotatable bonds is 9. The predicted octanol–water partition coefficient (Wildman–Crippen LogP) is 5.40. The number of carbonyl (C=O) groups excluding carboxylic acids is 1. The highest BCUT2D eigenvalue weighted by Crippen LogP contribution is 2.29. The van der Waals surface area contributed by atoms with Gasteiger partial charge in [0.25, 0.3) is 5.91 Å². The summed E-state index contributed by atoms with van der Waals surface area (Å²) in [4.78, 5) is 12.9. The topological polar surface area (TPSA) is 74.1 Å². The first kappa shape index (κ1) is 23.0. The predicted molar refractivity (Wildman–Crippen MR) is 130 cm³/mol. The quantitative estimate of drug-likeness (QED) is 0.342. The van der Waals surface area contributed by atoms with Crippen molar-refractivity contribution in [2.75, 3.05) is 12.4 Å². The highest BCUT2D eigenvalue weighted by atomic mass is 32.2. The van der Waals surface area contributed by atoms with Gasteiger partial charge >= 0.3 is 0 Å². The van der Waals surface area contributed by atoms with Crippen molar-refractivity contribution < 1.29 is 9.53 Å². The van der Waals surface area contributed by atoms with Crippen LogP contribution < -0.4 is 15.4 Å². The molecule has 0 atom stereocenters. The summed E-state index contributed by atoms with van der Waals surface area (Å²) in [6.45, 7) is 2.40. The standard InChI is InChI=1S/C26H25N3O2S/c1-19-9-6-7-12-21(19)18-32-26(29-22-13-8-14-23(15-22)31-2)24(16-27)25(30)28-17-20-10-4-3-5-11-20/h3-15,29H,17-18H2,1-2H3,(H,28,30)/b26-24+. The monoisotopic (exact) mass is 443 g/mol. The molecule has 0 saturated heterocycles. The first-order valence-corrected chi connectivity index (χ1v) is 11.1. The maximum absolute atomic E-state index is 12.9. The van der Waals surface area contributed by atoms with Crippen molar-refractivity contribution in [1.29, 1.82) is 5.26 Å². The minimum atomic E-state index is -0.418. The van der Waals surface area contributed by atoms with Crippen molar-refractivity contribution in [3.8, 4) is 11.8 Å². The summed E-state index contributed by atoms with van der Waals surface area (Å²) in [7, 11) is 1.60. The second-order valence-electron chi connectivity index (χ2n) is 7.06. The number of aryl methyl sites for hydroxylation is 1. The fourth-order valence-corrected chi connectivity index (χ4v) is 4.09. The van der Waals surface area contributed by atoms with Gasteiger partial charge < -0.3 is 15.4 Å². The molecule has 1 amide bonds. The third kappa shape index (κ3) is 6.40. The summed E-state index contributed by atoms with van der Waals surface area (Å²) in [6, 6.07) is 27.2. The highest BCUT2D eigenvalue weighted by Gasteiger charge is 2.17. The molecule has 0 aliphatic heterocycles. The average Bonchev–Trinajstić information content (AvgIpc) is 2.83. The summed E-state index contributed by atoms with van der Waals surface area (Å²) in [5.41, 5.74) is 4.05. The van der Waals surface area contributed by atoms with Crippen molar-refractivity contribution in [1.82, 2.24) is 5.32 Å². The lowest BCUT2D eigenvalue weighted by Gasteiger charge is -2.15. The third-order valence-corrected chi connectivity index (χ3v) is 5.87. The fraction of sp³-hybridized carbons (Fsp3) is 0.154. The zero-order chi connectivity index (χ0) is 22.8. The Hall–Kier alpha value is -3.69. The Morgan fingerprint density at radius 1 is 1.03 bits per heavy atom. The van der Waals surface area contributed by atoms with Crippen LogP contribution in [0.4, 0.5) is 5.69 Å². The van der Waals surface area contributed by atoms with Gasteiger partial charge in [-0.1, -0.05) is 60.7 Å². The van der Waals surface area contributed by atoms with Crippen LogP contribution in [0, 0.1) is 18.3 Å². The molecule has 0 aliphatic rings. The van der Waals surface area contributed by atoms with Crippen LogP contribution in [-0.4, -0.2) is 13.0 Å². The molecule has 0 fully saturated rings. The first-order valence-electron chi connectivity index (χ1n) is 10.2. The van der Waals surface area contributed by atoms with E-state index < -0.39 is 5.91 Å². The van der Waals surface area contributed by atoms with Crippen LogP contribution in [-0.2, 0) is 17.1 Å². The van der Waals surface area contributed by atoms with Gasteiger partial charge in [-0.15, -0.1) is 11.8 Å². The number of amides is 1. The molecular weight excluding hydrogens is 418 g/mol. The van der Waals surface area contributed by atoms with Gasteiger partial charge in [-0.2, -0.15) is 5.26 Å². The number of benzene rings is 3. The molecule has 6 heteroatoms. The van der Waals surface area contributed by atoms with Gasteiger partial charge in [-0.3, -0.25) is 4.79 Å². The minimum absolute atomic E-state index is 0.0438. The first-order chi connectivity index (χ1) is 15.6. The van der Waals surface area contributed by atoms with Crippen LogP contribution in [0.25, 0.3) is 0 Å². The number of carbonyl (C=O) groups is 1. The maximum atomic E-state index is 12.9. The Balaban J connectivity index is 1.86. The van der Waals surface area contributed by atoms with Crippen molar-refractivity contribution in [2.24, 2.45) is 0 Å². The number of thioether (sulfide) groups is 1. The van der Waals surface area contributed by atoms with E-state index in [1.165, 1.54) is 11.8 Å². The third-order valence-electron chi connectivity index (χ3n) is 4.82. The van der Waals surface area contributed by atoms with E-state index in [2.05, 4.69) is 16.7 Å². The molecule has 2 N–H and O–H groups in total. The SMILES string of the molecule is COc1cccc(N/C(SCc2ccccc2C)=C(/C#N)C(=O)NCc2ccccc2)c1. The number of hydrogen-bond acceptors (Lipinski definition) is 5. The lowest BCUT2D eigenvalue weighted by atomic mass is 10.1. The molecular formula is C26H25N3O2S. The second kappa shape index (κ2) is 11.6. The molecule has 3 rings (SSSR count). The van der Waals surface area contributed by atoms with Crippen LogP contribution in [0.15, 0.2) is 89.5 Å². The number of hydrogen-bond donors (Lipinski definition) is 2. The van der Waals surface area contributed by atoms with E-state index >= 15 is 0 Å². The molecule has 0 aromatic heterocycles. The Morgan fingerprint density at radius 3 is 2.50 bits per heavy atom. The number of nitrogens with one attached hydrogen (secondary N) is 2. The van der Waals surface area contributed by atoms with E-state index in [9.17, 15) is 10.1 Å². The largest absolute Gasteiger partial charge is 0.497 e. The zero-order valence-electron chi connectivity index (χ0n) is 18.1. The Bertz CT molecular complexity index is 1140. The summed E-state index contributed by atoms with van der Waals surface area (Å²) in [5, 5.41) is 16.4. The van der Waals surface area contributed by atoms with Gasteiger partial charge in [0.05, 0.1) is 12.1 Å². The van der Waals surface area contributed by atoms with Crippen LogP contribution in [0.1, 0.15) is 16.7 Å². The number of nitriles is 1. The Labute approximate surface area is 193 Å². The highest BCUT2D eigenvalue weighted by molar-refractivity contribution is 8.02. The summed E-state index contributed by atoms with van der Waals surface area (Å²) >= 11 is 1.42. The van der Waals surface area contributed by atoms with Crippen molar-refractivity contribution in [2.45, 2.75) is 19.2 Å². The van der Waals surface area contributed by atoms with Crippen LogP contribution in [0.5, 0.6) is 5.75 Å². The summed E-state index contributed by atoms with van der Waals surface area (Å²) < 4.78 is 5.30. The molecule has 0 heterocycles. The fourth-order valence-electron chi connectivity index (χ4n) is 3.00. The van der Waals surface area contributed by atoms with E-state index in [0.29, 0.717) is 23.1 Å². The van der Waals surface area contributed by atoms with E-state index in [4.69, 9.17) is 4.74 Å². The number of nitrogens with zero attached hydrogens (tertiary/aromatic N) is 1. The maximum Gasteiger partial charge on any atom is 0.264 e. The second-order valence-corrected chi connectivity index (χ2v) is 8.04. The Morgan fingerprint density at radius 2 is 1.78 bits per heavy atom. The van der Waals surface area contributed by atoms with Gasteiger partial charge in [0, 0.05) is 24.1 Å². The van der Waals surface area contributed by atoms with Gasteiger partial charge in [0.15, 0.2) is 0 Å². The van der Waals surface area contributed by atoms with Crippen LogP contribution in [0.2, 0.25) is 0 Å². The smallest absolute Gasteiger partial charge is 0.264 e. The molecule has 5 nitrogen and oxygen atoms in total. The summed E-state index contributed by atoms with van der Waals surface area (Å²) in [5.74, 6) is 0.889. The number of methoxy groups -OCH3 is 1. The molecule has 0 aliphatic carbocycles. The van der Waals surface area contributed by atoms with Gasteiger partial charge in [0.1, 0.15) is 17.4 Å². The van der Waals surface area contributed by atoms with Gasteiger partial charge in [-0.25, -0.2) is 0 Å². The van der Waals surface area contributed by atoms with E-state index in [-0.39, 0.29) is 5.57 Å². The molecule has 3 aromatic carbocycles. The molecule has 162 valence electrons.